The van der Waals surface area contributed by atoms with E-state index in [1.807, 2.05) is 13.8 Å². The molecule has 1 aromatic heterocycles. The van der Waals surface area contributed by atoms with Crippen LogP contribution in [0.3, 0.4) is 0 Å². The number of imide groups is 1. The average Bonchev–Trinajstić information content (AvgIpc) is 3.30. The first-order valence-corrected chi connectivity index (χ1v) is 16.1. The molecule has 2 N–H and O–H groups in total. The van der Waals surface area contributed by atoms with Gasteiger partial charge in [-0.2, -0.15) is 4.31 Å². The first-order valence-electron chi connectivity index (χ1n) is 13.8. The maximum atomic E-state index is 13.3. The minimum Gasteiger partial charge on any atom is -0.453 e. The molecule has 3 rings (SSSR count). The van der Waals surface area contributed by atoms with Crippen LogP contribution in [-0.4, -0.2) is 68.8 Å². The predicted octanol–water partition coefficient (Wildman–Crippen LogP) is 4.86. The Morgan fingerprint density at radius 3 is 2.23 bits per heavy atom. The van der Waals surface area contributed by atoms with E-state index in [2.05, 4.69) is 27.2 Å². The highest BCUT2D eigenvalue weighted by atomic mass is 32.2. The smallest absolute Gasteiger partial charge is 0.413 e. The van der Waals surface area contributed by atoms with E-state index in [0.29, 0.717) is 31.1 Å². The molecular weight excluding hydrogens is 552 g/mol. The summed E-state index contributed by atoms with van der Waals surface area (Å²) in [5, 5.41) is 5.38. The lowest BCUT2D eigenvalue weighted by Gasteiger charge is -2.26. The van der Waals surface area contributed by atoms with Crippen LogP contribution < -0.4 is 10.6 Å². The highest BCUT2D eigenvalue weighted by Crippen LogP contribution is 2.37. The van der Waals surface area contributed by atoms with Crippen LogP contribution in [0.5, 0.6) is 0 Å². The van der Waals surface area contributed by atoms with Crippen molar-refractivity contribution in [1.82, 2.24) is 14.5 Å². The average molecular weight is 593 g/mol. The molecule has 3 amide bonds. The number of unbranched alkanes of at least 4 members (excludes halogenated alkanes) is 2. The number of methoxy groups -OCH3 is 1. The third kappa shape index (κ3) is 7.68. The summed E-state index contributed by atoms with van der Waals surface area (Å²) in [5.74, 6) is -1.11. The molecule has 220 valence electrons. The lowest BCUT2D eigenvalue weighted by atomic mass is 10.0. The third-order valence-corrected chi connectivity index (χ3v) is 9.85. The summed E-state index contributed by atoms with van der Waals surface area (Å²) >= 11 is 1.31. The number of hydrogen-bond acceptors (Lipinski definition) is 8. The summed E-state index contributed by atoms with van der Waals surface area (Å²) in [6.07, 6.45) is 4.06. The Balaban J connectivity index is 1.85. The number of anilines is 1. The molecule has 0 aliphatic carbocycles. The summed E-state index contributed by atoms with van der Waals surface area (Å²) in [5.41, 5.74) is 1.33. The standard InChI is InChI=1S/C28H40N4O6S2/c1-5-8-16-32(17-9-6-2)40(36,37)21-12-10-20(11-13-21)25(33)29-27-24(26(34)30-28(35)38-4)22-14-18-31(15-7-3)19-23(22)39-27/h10-13H,5-9,14-19H2,1-4H3,(H,29,33)(H,30,34,35). The first-order chi connectivity index (χ1) is 19.2. The van der Waals surface area contributed by atoms with Crippen LogP contribution in [0.4, 0.5) is 9.80 Å². The Morgan fingerprint density at radius 2 is 1.65 bits per heavy atom. The quantitative estimate of drug-likeness (QED) is 0.340. The highest BCUT2D eigenvalue weighted by Gasteiger charge is 2.30. The molecule has 2 heterocycles. The van der Waals surface area contributed by atoms with Crippen molar-refractivity contribution in [2.24, 2.45) is 0 Å². The van der Waals surface area contributed by atoms with Gasteiger partial charge in [-0.05, 0) is 62.1 Å². The van der Waals surface area contributed by atoms with Gasteiger partial charge in [0.25, 0.3) is 11.8 Å². The Morgan fingerprint density at radius 1 is 1.00 bits per heavy atom. The molecule has 0 spiro atoms. The van der Waals surface area contributed by atoms with Crippen LogP contribution in [0, 0.1) is 0 Å². The van der Waals surface area contributed by atoms with Crippen LogP contribution in [0.1, 0.15) is 84.0 Å². The molecule has 0 fully saturated rings. The van der Waals surface area contributed by atoms with E-state index in [1.165, 1.54) is 47.0 Å². The van der Waals surface area contributed by atoms with E-state index in [0.717, 1.165) is 55.6 Å². The van der Waals surface area contributed by atoms with Crippen molar-refractivity contribution < 1.29 is 27.5 Å². The van der Waals surface area contributed by atoms with Crippen molar-refractivity contribution in [2.45, 2.75) is 70.7 Å². The van der Waals surface area contributed by atoms with Gasteiger partial charge in [-0.25, -0.2) is 13.2 Å². The number of nitrogens with one attached hydrogen (secondary N) is 2. The molecule has 0 saturated heterocycles. The van der Waals surface area contributed by atoms with Gasteiger partial charge in [0.15, 0.2) is 0 Å². The fraction of sp³-hybridized carbons (Fsp3) is 0.536. The van der Waals surface area contributed by atoms with Crippen LogP contribution in [0.25, 0.3) is 0 Å². The zero-order chi connectivity index (χ0) is 29.3. The lowest BCUT2D eigenvalue weighted by Crippen LogP contribution is -2.34. The van der Waals surface area contributed by atoms with E-state index < -0.39 is 27.9 Å². The predicted molar refractivity (Wildman–Crippen MR) is 156 cm³/mol. The number of carbonyl (C=O) groups excluding carboxylic acids is 3. The summed E-state index contributed by atoms with van der Waals surface area (Å²) in [4.78, 5) is 41.4. The number of fused-ring (bicyclic) bond motifs is 1. The van der Waals surface area contributed by atoms with Crippen molar-refractivity contribution in [3.05, 3.63) is 45.8 Å². The fourth-order valence-corrected chi connectivity index (χ4v) is 7.42. The number of nitrogens with zero attached hydrogens (tertiary/aromatic N) is 2. The van der Waals surface area contributed by atoms with Crippen molar-refractivity contribution in [3.63, 3.8) is 0 Å². The Hall–Kier alpha value is -2.80. The van der Waals surface area contributed by atoms with E-state index in [-0.39, 0.29) is 16.0 Å². The molecule has 2 aromatic rings. The lowest BCUT2D eigenvalue weighted by molar-refractivity contribution is 0.0936. The maximum Gasteiger partial charge on any atom is 0.413 e. The van der Waals surface area contributed by atoms with Crippen molar-refractivity contribution in [2.75, 3.05) is 38.6 Å². The van der Waals surface area contributed by atoms with Gasteiger partial charge in [-0.15, -0.1) is 11.3 Å². The number of hydrogen-bond donors (Lipinski definition) is 2. The number of ether oxygens (including phenoxy) is 1. The van der Waals surface area contributed by atoms with Gasteiger partial charge in [0.05, 0.1) is 17.6 Å². The molecule has 1 aromatic carbocycles. The maximum absolute atomic E-state index is 13.3. The van der Waals surface area contributed by atoms with Crippen LogP contribution in [0.15, 0.2) is 29.2 Å². The molecular formula is C28H40N4O6S2. The first kappa shape index (κ1) is 31.7. The number of alkyl carbamates (subject to hydrolysis) is 1. The Labute approximate surface area is 241 Å². The Kier molecular flexibility index (Phi) is 11.7. The number of thiophene rings is 1. The SMILES string of the molecule is CCCCN(CCCC)S(=O)(=O)c1ccc(C(=O)Nc2sc3c(c2C(=O)NC(=O)OC)CCN(CCC)C3)cc1. The molecule has 0 saturated carbocycles. The van der Waals surface area contributed by atoms with Crippen molar-refractivity contribution in [1.29, 1.82) is 0 Å². The number of amides is 3. The highest BCUT2D eigenvalue weighted by molar-refractivity contribution is 7.89. The zero-order valence-corrected chi connectivity index (χ0v) is 25.4. The second-order valence-electron chi connectivity index (χ2n) is 9.77. The number of rotatable bonds is 13. The summed E-state index contributed by atoms with van der Waals surface area (Å²) < 4.78 is 32.6. The molecule has 0 bridgehead atoms. The van der Waals surface area contributed by atoms with E-state index in [1.54, 1.807) is 0 Å². The molecule has 0 radical (unpaired) electrons. The number of benzene rings is 1. The molecule has 10 nitrogen and oxygen atoms in total. The minimum atomic E-state index is -3.69. The van der Waals surface area contributed by atoms with Gasteiger partial charge in [0.2, 0.25) is 10.0 Å². The van der Waals surface area contributed by atoms with Crippen LogP contribution in [-0.2, 0) is 27.7 Å². The van der Waals surface area contributed by atoms with Crippen LogP contribution >= 0.6 is 11.3 Å². The second kappa shape index (κ2) is 14.7. The molecule has 1 aliphatic rings. The molecule has 0 unspecified atom stereocenters. The summed E-state index contributed by atoms with van der Waals surface area (Å²) in [7, 11) is -2.51. The van der Waals surface area contributed by atoms with Crippen molar-refractivity contribution in [3.8, 4) is 0 Å². The Bertz CT molecular complexity index is 1280. The molecule has 12 heteroatoms. The zero-order valence-electron chi connectivity index (χ0n) is 23.7. The van der Waals surface area contributed by atoms with Gasteiger partial charge >= 0.3 is 6.09 Å². The largest absolute Gasteiger partial charge is 0.453 e. The van der Waals surface area contributed by atoms with Gasteiger partial charge in [-0.3, -0.25) is 19.8 Å². The van der Waals surface area contributed by atoms with E-state index in [4.69, 9.17) is 0 Å². The fourth-order valence-electron chi connectivity index (χ4n) is 4.62. The molecule has 40 heavy (non-hydrogen) atoms. The number of sulfonamides is 1. The molecule has 1 aliphatic heterocycles. The third-order valence-electron chi connectivity index (χ3n) is 6.81. The van der Waals surface area contributed by atoms with E-state index >= 15 is 0 Å². The van der Waals surface area contributed by atoms with Gasteiger partial charge in [0, 0.05) is 36.6 Å². The van der Waals surface area contributed by atoms with Gasteiger partial charge < -0.3 is 10.1 Å². The normalized spacial score (nSPS) is 13.6. The number of carbonyl (C=O) groups is 3. The van der Waals surface area contributed by atoms with Gasteiger partial charge in [-0.1, -0.05) is 33.6 Å². The van der Waals surface area contributed by atoms with Gasteiger partial charge in [0.1, 0.15) is 5.00 Å². The summed E-state index contributed by atoms with van der Waals surface area (Å²) in [6, 6.07) is 5.85. The van der Waals surface area contributed by atoms with E-state index in [9.17, 15) is 22.8 Å². The van der Waals surface area contributed by atoms with Crippen molar-refractivity contribution >= 4 is 44.3 Å². The monoisotopic (exact) mass is 592 g/mol. The second-order valence-corrected chi connectivity index (χ2v) is 12.8. The topological polar surface area (TPSA) is 125 Å². The minimum absolute atomic E-state index is 0.136. The molecule has 0 atom stereocenters. The van der Waals surface area contributed by atoms with Crippen LogP contribution in [0.2, 0.25) is 0 Å². The summed E-state index contributed by atoms with van der Waals surface area (Å²) in [6.45, 7) is 9.41.